The molecule has 5 N–H and O–H groups in total. The number of carbonyl (C=O) groups excluding carboxylic acids is 3. The molecule has 0 aliphatic carbocycles. The third-order valence-corrected chi connectivity index (χ3v) is 4.16. The third-order valence-electron chi connectivity index (χ3n) is 4.16. The van der Waals surface area contributed by atoms with Gasteiger partial charge in [0.15, 0.2) is 0 Å². The minimum atomic E-state index is -0.787. The molecule has 1 aromatic heterocycles. The molecule has 0 saturated carbocycles. The molecule has 158 valence electrons. The molecule has 0 aliphatic rings. The standard InChI is InChI=1S/C22H21N5O4/c23-22(30)25-19(14-20(28)26-27-21(29)18-11-4-5-12-24-18)15-7-6-10-17(13-15)31-16-8-2-1-3-9-16/h1-13,19H,14H2,(H,26,28)(H,27,29)(H3,23,25,30)/t19-/m0/s1. The Kier molecular flexibility index (Phi) is 7.15. The molecule has 0 radical (unpaired) electrons. The first-order valence-corrected chi connectivity index (χ1v) is 9.40. The van der Waals surface area contributed by atoms with Crippen LogP contribution in [0.25, 0.3) is 0 Å². The minimum absolute atomic E-state index is 0.153. The molecule has 0 bridgehead atoms. The number of pyridine rings is 1. The summed E-state index contributed by atoms with van der Waals surface area (Å²) < 4.78 is 5.80. The summed E-state index contributed by atoms with van der Waals surface area (Å²) in [7, 11) is 0. The highest BCUT2D eigenvalue weighted by Crippen LogP contribution is 2.25. The van der Waals surface area contributed by atoms with Crippen LogP contribution >= 0.6 is 0 Å². The highest BCUT2D eigenvalue weighted by molar-refractivity contribution is 5.93. The maximum atomic E-state index is 12.4. The molecule has 0 unspecified atom stereocenters. The van der Waals surface area contributed by atoms with Crippen molar-refractivity contribution in [3.63, 3.8) is 0 Å². The molecule has 0 fully saturated rings. The zero-order valence-electron chi connectivity index (χ0n) is 16.4. The second-order valence-corrected chi connectivity index (χ2v) is 6.47. The average Bonchev–Trinajstić information content (AvgIpc) is 2.78. The van der Waals surface area contributed by atoms with Gasteiger partial charge in [0.25, 0.3) is 5.91 Å². The Morgan fingerprint density at radius 1 is 0.903 bits per heavy atom. The Morgan fingerprint density at radius 2 is 1.65 bits per heavy atom. The molecule has 31 heavy (non-hydrogen) atoms. The number of para-hydroxylation sites is 1. The van der Waals surface area contributed by atoms with Crippen LogP contribution in [0.2, 0.25) is 0 Å². The van der Waals surface area contributed by atoms with Gasteiger partial charge in [0.2, 0.25) is 5.91 Å². The summed E-state index contributed by atoms with van der Waals surface area (Å²) in [6.07, 6.45) is 1.30. The number of nitrogens with zero attached hydrogens (tertiary/aromatic N) is 1. The Labute approximate surface area is 178 Å². The summed E-state index contributed by atoms with van der Waals surface area (Å²) in [6, 6.07) is 19.4. The molecule has 2 aromatic carbocycles. The van der Waals surface area contributed by atoms with Crippen molar-refractivity contribution in [3.8, 4) is 11.5 Å². The highest BCUT2D eigenvalue weighted by atomic mass is 16.5. The van der Waals surface area contributed by atoms with Crippen molar-refractivity contribution in [3.05, 3.63) is 90.3 Å². The highest BCUT2D eigenvalue weighted by Gasteiger charge is 2.19. The quantitative estimate of drug-likeness (QED) is 0.436. The lowest BCUT2D eigenvalue weighted by Crippen LogP contribution is -2.44. The van der Waals surface area contributed by atoms with Crippen molar-refractivity contribution in [2.24, 2.45) is 5.73 Å². The van der Waals surface area contributed by atoms with Crippen molar-refractivity contribution in [2.45, 2.75) is 12.5 Å². The smallest absolute Gasteiger partial charge is 0.312 e. The van der Waals surface area contributed by atoms with Gasteiger partial charge in [0.05, 0.1) is 12.5 Å². The van der Waals surface area contributed by atoms with Gasteiger partial charge in [-0.25, -0.2) is 4.79 Å². The van der Waals surface area contributed by atoms with Crippen LogP contribution in [0.5, 0.6) is 11.5 Å². The molecule has 9 nitrogen and oxygen atoms in total. The summed E-state index contributed by atoms with van der Waals surface area (Å²) in [5, 5.41) is 2.53. The van der Waals surface area contributed by atoms with Crippen LogP contribution in [0.15, 0.2) is 79.0 Å². The Bertz CT molecular complexity index is 1040. The summed E-state index contributed by atoms with van der Waals surface area (Å²) in [5.41, 5.74) is 10.6. The normalized spacial score (nSPS) is 11.1. The van der Waals surface area contributed by atoms with Crippen LogP contribution in [-0.2, 0) is 4.79 Å². The molecule has 9 heteroatoms. The van der Waals surface area contributed by atoms with E-state index in [9.17, 15) is 14.4 Å². The third kappa shape index (κ3) is 6.57. The van der Waals surface area contributed by atoms with Crippen LogP contribution < -0.4 is 26.6 Å². The summed E-state index contributed by atoms with van der Waals surface area (Å²) in [6.45, 7) is 0. The van der Waals surface area contributed by atoms with Gasteiger partial charge in [-0.3, -0.25) is 25.4 Å². The Hall–Kier alpha value is -4.40. The topological polar surface area (TPSA) is 135 Å². The van der Waals surface area contributed by atoms with E-state index in [1.165, 1.54) is 12.3 Å². The van der Waals surface area contributed by atoms with Gasteiger partial charge in [-0.1, -0.05) is 36.4 Å². The number of hydrogen-bond acceptors (Lipinski definition) is 5. The van der Waals surface area contributed by atoms with E-state index in [1.54, 1.807) is 36.4 Å². The van der Waals surface area contributed by atoms with E-state index in [0.717, 1.165) is 0 Å². The van der Waals surface area contributed by atoms with Crippen LogP contribution in [0, 0.1) is 0 Å². The number of nitrogens with two attached hydrogens (primary N) is 1. The lowest BCUT2D eigenvalue weighted by Gasteiger charge is -2.19. The fraction of sp³-hybridized carbons (Fsp3) is 0.0909. The summed E-state index contributed by atoms with van der Waals surface area (Å²) >= 11 is 0. The molecular weight excluding hydrogens is 398 g/mol. The molecule has 1 atom stereocenters. The maximum absolute atomic E-state index is 12.4. The van der Waals surface area contributed by atoms with Crippen molar-refractivity contribution >= 4 is 17.8 Å². The van der Waals surface area contributed by atoms with Crippen molar-refractivity contribution in [1.82, 2.24) is 21.2 Å². The number of primary amides is 1. The van der Waals surface area contributed by atoms with Gasteiger partial charge in [0, 0.05) is 6.20 Å². The van der Waals surface area contributed by atoms with Crippen LogP contribution in [0.3, 0.4) is 0 Å². The first-order chi connectivity index (χ1) is 15.0. The van der Waals surface area contributed by atoms with Crippen molar-refractivity contribution < 1.29 is 19.1 Å². The van der Waals surface area contributed by atoms with Gasteiger partial charge < -0.3 is 15.8 Å². The van der Waals surface area contributed by atoms with Gasteiger partial charge in [-0.05, 0) is 42.0 Å². The largest absolute Gasteiger partial charge is 0.457 e. The van der Waals surface area contributed by atoms with Crippen molar-refractivity contribution in [2.75, 3.05) is 0 Å². The number of hydrogen-bond donors (Lipinski definition) is 4. The zero-order valence-corrected chi connectivity index (χ0v) is 16.4. The fourth-order valence-corrected chi connectivity index (χ4v) is 2.77. The molecular formula is C22H21N5O4. The Morgan fingerprint density at radius 3 is 2.35 bits per heavy atom. The Balaban J connectivity index is 1.65. The molecule has 3 rings (SSSR count). The van der Waals surface area contributed by atoms with E-state index < -0.39 is 23.9 Å². The zero-order chi connectivity index (χ0) is 22.1. The molecule has 3 aromatic rings. The number of hydrazine groups is 1. The van der Waals surface area contributed by atoms with Gasteiger partial charge in [-0.15, -0.1) is 0 Å². The van der Waals surface area contributed by atoms with E-state index in [-0.39, 0.29) is 12.1 Å². The monoisotopic (exact) mass is 419 g/mol. The molecule has 0 saturated heterocycles. The van der Waals surface area contributed by atoms with Crippen LogP contribution in [0.4, 0.5) is 4.79 Å². The number of urea groups is 1. The number of carbonyl (C=O) groups is 3. The predicted molar refractivity (Wildman–Crippen MR) is 113 cm³/mol. The average molecular weight is 419 g/mol. The summed E-state index contributed by atoms with van der Waals surface area (Å²) in [5.74, 6) is 0.0851. The van der Waals surface area contributed by atoms with Gasteiger partial charge in [0.1, 0.15) is 17.2 Å². The molecule has 4 amide bonds. The first kappa shape index (κ1) is 21.3. The van der Waals surface area contributed by atoms with Crippen molar-refractivity contribution in [1.29, 1.82) is 0 Å². The molecule has 1 heterocycles. The van der Waals surface area contributed by atoms with E-state index in [0.29, 0.717) is 17.1 Å². The van der Waals surface area contributed by atoms with Crippen LogP contribution in [0.1, 0.15) is 28.5 Å². The number of amides is 4. The molecule has 0 spiro atoms. The number of aromatic nitrogens is 1. The predicted octanol–water partition coefficient (Wildman–Crippen LogP) is 2.43. The van der Waals surface area contributed by atoms with Gasteiger partial charge >= 0.3 is 6.03 Å². The number of rotatable bonds is 7. The SMILES string of the molecule is NC(=O)N[C@@H](CC(=O)NNC(=O)c1ccccn1)c1cccc(Oc2ccccc2)c1. The van der Waals surface area contributed by atoms with E-state index in [4.69, 9.17) is 10.5 Å². The van der Waals surface area contributed by atoms with E-state index >= 15 is 0 Å². The molecule has 0 aliphatic heterocycles. The van der Waals surface area contributed by atoms with Crippen LogP contribution in [-0.4, -0.2) is 22.8 Å². The second-order valence-electron chi connectivity index (χ2n) is 6.47. The van der Waals surface area contributed by atoms with E-state index in [1.807, 2.05) is 30.3 Å². The number of benzene rings is 2. The number of nitrogens with one attached hydrogen (secondary N) is 3. The summed E-state index contributed by atoms with van der Waals surface area (Å²) in [4.78, 5) is 39.7. The van der Waals surface area contributed by atoms with Gasteiger partial charge in [-0.2, -0.15) is 0 Å². The minimum Gasteiger partial charge on any atom is -0.457 e. The second kappa shape index (κ2) is 10.4. The first-order valence-electron chi connectivity index (χ1n) is 9.40. The van der Waals surface area contributed by atoms with E-state index in [2.05, 4.69) is 21.2 Å². The number of ether oxygens (including phenoxy) is 1. The lowest BCUT2D eigenvalue weighted by atomic mass is 10.0. The fourth-order valence-electron chi connectivity index (χ4n) is 2.77. The lowest BCUT2D eigenvalue weighted by molar-refractivity contribution is -0.122. The maximum Gasteiger partial charge on any atom is 0.312 e.